The third kappa shape index (κ3) is 4.45. The van der Waals surface area contributed by atoms with Crippen molar-refractivity contribution in [3.05, 3.63) is 112 Å². The third-order valence-corrected chi connectivity index (χ3v) is 6.80. The lowest BCUT2D eigenvalue weighted by Crippen LogP contribution is -2.45. The molecule has 2 heterocycles. The van der Waals surface area contributed by atoms with Gasteiger partial charge in [-0.1, -0.05) is 83.5 Å². The van der Waals surface area contributed by atoms with Crippen molar-refractivity contribution in [3.8, 4) is 11.4 Å². The summed E-state index contributed by atoms with van der Waals surface area (Å²) in [6, 6.07) is 22.7. The standard InChI is InChI=1S/C28H25ClN4O2/c1-17-13-14-21(15-18(17)2)25-24(27-31-26(32-35-27)20-9-5-4-6-10-20)19(3)33(28(34)30-25)16-22-11-7-8-12-23(22)29/h4-15,25H,16H2,1-3H3,(H,30,34). The van der Waals surface area contributed by atoms with Crippen LogP contribution in [-0.4, -0.2) is 21.1 Å². The van der Waals surface area contributed by atoms with Crippen molar-refractivity contribution < 1.29 is 9.32 Å². The first kappa shape index (κ1) is 22.9. The summed E-state index contributed by atoms with van der Waals surface area (Å²) >= 11 is 6.40. The molecule has 35 heavy (non-hydrogen) atoms. The summed E-state index contributed by atoms with van der Waals surface area (Å²) in [6.45, 7) is 6.35. The van der Waals surface area contributed by atoms with Crippen LogP contribution in [0.15, 0.2) is 83.0 Å². The maximum Gasteiger partial charge on any atom is 0.322 e. The number of benzene rings is 3. The van der Waals surface area contributed by atoms with E-state index in [-0.39, 0.29) is 6.03 Å². The number of carbonyl (C=O) groups is 1. The molecule has 5 rings (SSSR count). The van der Waals surface area contributed by atoms with Crippen LogP contribution in [-0.2, 0) is 6.54 Å². The van der Waals surface area contributed by atoms with Crippen molar-refractivity contribution in [3.63, 3.8) is 0 Å². The van der Waals surface area contributed by atoms with Gasteiger partial charge in [0.15, 0.2) is 0 Å². The van der Waals surface area contributed by atoms with Crippen molar-refractivity contribution >= 4 is 23.2 Å². The molecular weight excluding hydrogens is 460 g/mol. The third-order valence-electron chi connectivity index (χ3n) is 6.44. The first-order valence-corrected chi connectivity index (χ1v) is 11.8. The van der Waals surface area contributed by atoms with E-state index in [1.54, 1.807) is 4.90 Å². The summed E-state index contributed by atoms with van der Waals surface area (Å²) in [5.74, 6) is 0.864. The van der Waals surface area contributed by atoms with Crippen LogP contribution in [0, 0.1) is 13.8 Å². The molecule has 0 spiro atoms. The smallest absolute Gasteiger partial charge is 0.322 e. The quantitative estimate of drug-likeness (QED) is 0.342. The first-order valence-electron chi connectivity index (χ1n) is 11.4. The second kappa shape index (κ2) is 9.39. The van der Waals surface area contributed by atoms with E-state index in [0.29, 0.717) is 23.3 Å². The fraction of sp³-hybridized carbons (Fsp3) is 0.179. The van der Waals surface area contributed by atoms with Crippen LogP contribution in [0.3, 0.4) is 0 Å². The van der Waals surface area contributed by atoms with E-state index in [1.165, 1.54) is 5.56 Å². The molecular formula is C28H25ClN4O2. The minimum absolute atomic E-state index is 0.211. The van der Waals surface area contributed by atoms with Gasteiger partial charge in [0.2, 0.25) is 5.82 Å². The second-order valence-corrected chi connectivity index (χ2v) is 9.10. The van der Waals surface area contributed by atoms with E-state index in [4.69, 9.17) is 21.1 Å². The Kier molecular flexibility index (Phi) is 6.14. The second-order valence-electron chi connectivity index (χ2n) is 8.69. The van der Waals surface area contributed by atoms with Gasteiger partial charge in [-0.2, -0.15) is 4.98 Å². The molecule has 3 aromatic carbocycles. The number of aryl methyl sites for hydroxylation is 2. The summed E-state index contributed by atoms with van der Waals surface area (Å²) in [5.41, 5.74) is 6.48. The maximum atomic E-state index is 13.3. The lowest BCUT2D eigenvalue weighted by molar-refractivity contribution is 0.203. The van der Waals surface area contributed by atoms with E-state index < -0.39 is 6.04 Å². The summed E-state index contributed by atoms with van der Waals surface area (Å²) in [5, 5.41) is 7.99. The van der Waals surface area contributed by atoms with Crippen LogP contribution in [0.2, 0.25) is 5.02 Å². The zero-order valence-electron chi connectivity index (χ0n) is 19.7. The van der Waals surface area contributed by atoms with Gasteiger partial charge in [-0.25, -0.2) is 4.79 Å². The van der Waals surface area contributed by atoms with Gasteiger partial charge in [0.05, 0.1) is 18.2 Å². The van der Waals surface area contributed by atoms with E-state index in [2.05, 4.69) is 36.5 Å². The molecule has 1 aliphatic rings. The van der Waals surface area contributed by atoms with Crippen LogP contribution in [0.5, 0.6) is 0 Å². The molecule has 2 amide bonds. The Morgan fingerprint density at radius 3 is 2.46 bits per heavy atom. The van der Waals surface area contributed by atoms with Crippen molar-refractivity contribution in [1.29, 1.82) is 0 Å². The highest BCUT2D eigenvalue weighted by Gasteiger charge is 2.36. The number of nitrogens with one attached hydrogen (secondary N) is 1. The van der Waals surface area contributed by atoms with Crippen LogP contribution in [0.1, 0.15) is 41.1 Å². The molecule has 1 aliphatic heterocycles. The number of hydrogen-bond donors (Lipinski definition) is 1. The summed E-state index contributed by atoms with van der Waals surface area (Å²) in [6.07, 6.45) is 0. The van der Waals surface area contributed by atoms with Gasteiger partial charge < -0.3 is 9.84 Å². The fourth-order valence-corrected chi connectivity index (χ4v) is 4.47. The molecule has 1 unspecified atom stereocenters. The predicted molar refractivity (Wildman–Crippen MR) is 137 cm³/mol. The average Bonchev–Trinajstić information content (AvgIpc) is 3.34. The molecule has 0 radical (unpaired) electrons. The Morgan fingerprint density at radius 2 is 1.71 bits per heavy atom. The van der Waals surface area contributed by atoms with Gasteiger partial charge in [0.25, 0.3) is 5.89 Å². The highest BCUT2D eigenvalue weighted by Crippen LogP contribution is 2.38. The first-order chi connectivity index (χ1) is 16.9. The van der Waals surface area contributed by atoms with Gasteiger partial charge in [0.1, 0.15) is 0 Å². The molecule has 0 saturated heterocycles. The Balaban J connectivity index is 1.62. The normalized spacial score (nSPS) is 15.9. The number of nitrogens with zero attached hydrogens (tertiary/aromatic N) is 3. The fourth-order valence-electron chi connectivity index (χ4n) is 4.28. The highest BCUT2D eigenvalue weighted by molar-refractivity contribution is 6.31. The van der Waals surface area contributed by atoms with Gasteiger partial charge in [-0.05, 0) is 49.1 Å². The zero-order valence-corrected chi connectivity index (χ0v) is 20.5. The average molecular weight is 485 g/mol. The SMILES string of the molecule is CC1=C(c2nc(-c3ccccc3)no2)C(c2ccc(C)c(C)c2)NC(=O)N1Cc1ccccc1Cl. The van der Waals surface area contributed by atoms with Crippen LogP contribution < -0.4 is 5.32 Å². The van der Waals surface area contributed by atoms with Gasteiger partial charge in [-0.15, -0.1) is 0 Å². The molecule has 0 bridgehead atoms. The number of carbonyl (C=O) groups excluding carboxylic acids is 1. The highest BCUT2D eigenvalue weighted by atomic mass is 35.5. The number of rotatable bonds is 5. The van der Waals surface area contributed by atoms with Crippen molar-refractivity contribution in [1.82, 2.24) is 20.4 Å². The molecule has 0 fully saturated rings. The minimum atomic E-state index is -0.437. The number of allylic oxidation sites excluding steroid dienone is 1. The molecule has 7 heteroatoms. The molecule has 176 valence electrons. The Bertz CT molecular complexity index is 1430. The molecule has 1 N–H and O–H groups in total. The summed E-state index contributed by atoms with van der Waals surface area (Å²) < 4.78 is 5.77. The van der Waals surface area contributed by atoms with Crippen molar-refractivity contribution in [2.45, 2.75) is 33.4 Å². The molecule has 6 nitrogen and oxygen atoms in total. The van der Waals surface area contributed by atoms with Gasteiger partial charge in [-0.3, -0.25) is 4.90 Å². The number of aromatic nitrogens is 2. The molecule has 0 aliphatic carbocycles. The van der Waals surface area contributed by atoms with Gasteiger partial charge >= 0.3 is 6.03 Å². The lowest BCUT2D eigenvalue weighted by atomic mass is 9.92. The monoisotopic (exact) mass is 484 g/mol. The Hall–Kier alpha value is -3.90. The molecule has 1 aromatic heterocycles. The molecule has 0 saturated carbocycles. The number of amides is 2. The predicted octanol–water partition coefficient (Wildman–Crippen LogP) is 6.70. The van der Waals surface area contributed by atoms with Crippen LogP contribution >= 0.6 is 11.6 Å². The van der Waals surface area contributed by atoms with E-state index in [0.717, 1.165) is 33.5 Å². The lowest BCUT2D eigenvalue weighted by Gasteiger charge is -2.35. The molecule has 1 atom stereocenters. The van der Waals surface area contributed by atoms with Crippen molar-refractivity contribution in [2.24, 2.45) is 0 Å². The van der Waals surface area contributed by atoms with Gasteiger partial charge in [0, 0.05) is 16.3 Å². The minimum Gasteiger partial charge on any atom is -0.334 e. The zero-order chi connectivity index (χ0) is 24.5. The van der Waals surface area contributed by atoms with Crippen LogP contribution in [0.4, 0.5) is 4.79 Å². The summed E-state index contributed by atoms with van der Waals surface area (Å²) in [7, 11) is 0. The Morgan fingerprint density at radius 1 is 0.971 bits per heavy atom. The Labute approximate surface area is 209 Å². The summed E-state index contributed by atoms with van der Waals surface area (Å²) in [4.78, 5) is 19.7. The number of hydrogen-bond acceptors (Lipinski definition) is 4. The van der Waals surface area contributed by atoms with Crippen molar-refractivity contribution in [2.75, 3.05) is 0 Å². The molecule has 4 aromatic rings. The van der Waals surface area contributed by atoms with E-state index in [9.17, 15) is 4.79 Å². The van der Waals surface area contributed by atoms with Crippen LogP contribution in [0.25, 0.3) is 17.0 Å². The topological polar surface area (TPSA) is 71.3 Å². The number of halogens is 1. The van der Waals surface area contributed by atoms with E-state index in [1.807, 2.05) is 67.6 Å². The maximum absolute atomic E-state index is 13.3. The largest absolute Gasteiger partial charge is 0.334 e. The van der Waals surface area contributed by atoms with E-state index >= 15 is 0 Å². The number of urea groups is 1.